The Labute approximate surface area is 116 Å². The number of esters is 1. The van der Waals surface area contributed by atoms with Crippen LogP contribution in [0, 0.1) is 5.41 Å². The summed E-state index contributed by atoms with van der Waals surface area (Å²) in [6, 6.07) is 8.70. The minimum absolute atomic E-state index is 0.0742. The Hall–Kier alpha value is -2.21. The lowest BCUT2D eigenvalue weighted by Crippen LogP contribution is -2.44. The third-order valence-corrected chi connectivity index (χ3v) is 3.34. The first-order valence-corrected chi connectivity index (χ1v) is 6.05. The van der Waals surface area contributed by atoms with Gasteiger partial charge in [0, 0.05) is 12.8 Å². The van der Waals surface area contributed by atoms with Crippen molar-refractivity contribution in [3.8, 4) is 0 Å². The van der Waals surface area contributed by atoms with E-state index in [1.54, 1.807) is 30.3 Å². The molecule has 106 valence electrons. The van der Waals surface area contributed by atoms with Gasteiger partial charge in [-0.3, -0.25) is 14.4 Å². The Morgan fingerprint density at radius 2 is 1.90 bits per heavy atom. The van der Waals surface area contributed by atoms with Gasteiger partial charge in [-0.1, -0.05) is 18.2 Å². The molecule has 2 rings (SSSR count). The Bertz CT molecular complexity index is 542. The molecule has 1 aliphatic heterocycles. The minimum atomic E-state index is -1.59. The lowest BCUT2D eigenvalue weighted by atomic mass is 9.87. The Kier molecular flexibility index (Phi) is 3.85. The van der Waals surface area contributed by atoms with Crippen LogP contribution in [0.5, 0.6) is 0 Å². The molecule has 1 aromatic carbocycles. The van der Waals surface area contributed by atoms with Gasteiger partial charge in [0.1, 0.15) is 0 Å². The molecule has 1 fully saturated rings. The van der Waals surface area contributed by atoms with Crippen LogP contribution in [0.15, 0.2) is 30.3 Å². The number of ether oxygens (including phenoxy) is 2. The number of amides is 1. The number of benzene rings is 1. The molecule has 0 radical (unpaired) electrons. The number of para-hydroxylation sites is 1. The van der Waals surface area contributed by atoms with Gasteiger partial charge in [-0.05, 0) is 12.1 Å². The van der Waals surface area contributed by atoms with Crippen LogP contribution in [-0.4, -0.2) is 45.0 Å². The van der Waals surface area contributed by atoms with E-state index in [9.17, 15) is 14.4 Å². The van der Waals surface area contributed by atoms with Gasteiger partial charge in [0.15, 0.2) is 5.41 Å². The normalized spacial score (nSPS) is 22.2. The molecule has 0 aliphatic carbocycles. The van der Waals surface area contributed by atoms with Crippen molar-refractivity contribution >= 4 is 23.3 Å². The predicted octanol–water partition coefficient (Wildman–Crippen LogP) is 0.408. The third-order valence-electron chi connectivity index (χ3n) is 3.34. The van der Waals surface area contributed by atoms with Crippen molar-refractivity contribution in [2.75, 3.05) is 32.3 Å². The molecule has 1 aliphatic rings. The summed E-state index contributed by atoms with van der Waals surface area (Å²) in [5, 5.41) is 0. The molecule has 20 heavy (non-hydrogen) atoms. The molecule has 1 atom stereocenters. The Morgan fingerprint density at radius 3 is 2.45 bits per heavy atom. The van der Waals surface area contributed by atoms with Gasteiger partial charge in [0.25, 0.3) is 5.91 Å². The zero-order valence-corrected chi connectivity index (χ0v) is 11.3. The lowest BCUT2D eigenvalue weighted by molar-refractivity contribution is -0.160. The van der Waals surface area contributed by atoms with Crippen molar-refractivity contribution in [1.29, 1.82) is 0 Å². The summed E-state index contributed by atoms with van der Waals surface area (Å²) in [5.74, 6) is -2.27. The number of rotatable bonds is 4. The number of carbonyl (C=O) groups is 3. The number of hydrogen-bond donors (Lipinski definition) is 0. The summed E-state index contributed by atoms with van der Waals surface area (Å²) in [4.78, 5) is 37.6. The summed E-state index contributed by atoms with van der Waals surface area (Å²) in [6.45, 7) is -0.261. The molecule has 0 spiro atoms. The average molecular weight is 277 g/mol. The summed E-state index contributed by atoms with van der Waals surface area (Å²) >= 11 is 0. The second-order valence-corrected chi connectivity index (χ2v) is 4.56. The van der Waals surface area contributed by atoms with E-state index in [2.05, 4.69) is 4.74 Å². The monoisotopic (exact) mass is 277 g/mol. The largest absolute Gasteiger partial charge is 0.468 e. The van der Waals surface area contributed by atoms with Crippen molar-refractivity contribution in [3.63, 3.8) is 0 Å². The maximum Gasteiger partial charge on any atom is 0.324 e. The van der Waals surface area contributed by atoms with Crippen LogP contribution in [0.25, 0.3) is 0 Å². The van der Waals surface area contributed by atoms with Gasteiger partial charge >= 0.3 is 5.97 Å². The number of carbonyl (C=O) groups excluding carboxylic acids is 3. The van der Waals surface area contributed by atoms with Crippen molar-refractivity contribution in [2.24, 2.45) is 5.41 Å². The third kappa shape index (κ3) is 2.08. The van der Waals surface area contributed by atoms with Gasteiger partial charge in [-0.2, -0.15) is 0 Å². The SMILES string of the molecule is COCC1(C(=O)OC)CN(c2ccccc2)C(=O)C1=O. The smallest absolute Gasteiger partial charge is 0.324 e. The van der Waals surface area contributed by atoms with E-state index in [0.717, 1.165) is 0 Å². The van der Waals surface area contributed by atoms with Gasteiger partial charge in [-0.25, -0.2) is 0 Å². The molecule has 1 saturated heterocycles. The minimum Gasteiger partial charge on any atom is -0.468 e. The van der Waals surface area contributed by atoms with E-state index in [4.69, 9.17) is 4.74 Å². The summed E-state index contributed by atoms with van der Waals surface area (Å²) < 4.78 is 9.63. The first kappa shape index (κ1) is 14.2. The van der Waals surface area contributed by atoms with Crippen LogP contribution >= 0.6 is 0 Å². The molecule has 1 heterocycles. The van der Waals surface area contributed by atoms with Crippen LogP contribution in [0.2, 0.25) is 0 Å². The summed E-state index contributed by atoms with van der Waals surface area (Å²) in [7, 11) is 2.55. The molecule has 1 amide bonds. The fourth-order valence-electron chi connectivity index (χ4n) is 2.33. The van der Waals surface area contributed by atoms with Crippen LogP contribution in [0.3, 0.4) is 0 Å². The van der Waals surface area contributed by atoms with E-state index in [-0.39, 0.29) is 13.2 Å². The lowest BCUT2D eigenvalue weighted by Gasteiger charge is -2.23. The molecule has 0 N–H and O–H groups in total. The quantitative estimate of drug-likeness (QED) is 0.453. The van der Waals surface area contributed by atoms with Gasteiger partial charge in [-0.15, -0.1) is 0 Å². The fraction of sp³-hybridized carbons (Fsp3) is 0.357. The second-order valence-electron chi connectivity index (χ2n) is 4.56. The molecule has 0 aromatic heterocycles. The highest BCUT2D eigenvalue weighted by Gasteiger charge is 2.58. The number of ketones is 1. The van der Waals surface area contributed by atoms with Gasteiger partial charge < -0.3 is 14.4 Å². The highest BCUT2D eigenvalue weighted by atomic mass is 16.5. The van der Waals surface area contributed by atoms with E-state index in [1.165, 1.54) is 19.1 Å². The van der Waals surface area contributed by atoms with Crippen LogP contribution in [0.4, 0.5) is 5.69 Å². The first-order valence-electron chi connectivity index (χ1n) is 6.05. The average Bonchev–Trinajstić information content (AvgIpc) is 2.74. The standard InChI is InChI=1S/C14H15NO5/c1-19-9-14(13(18)20-2)8-15(12(17)11(14)16)10-6-4-3-5-7-10/h3-7H,8-9H2,1-2H3. The van der Waals surface area contributed by atoms with E-state index < -0.39 is 23.1 Å². The summed E-state index contributed by atoms with van der Waals surface area (Å²) in [5.41, 5.74) is -1.02. The predicted molar refractivity (Wildman–Crippen MR) is 70.1 cm³/mol. The highest BCUT2D eigenvalue weighted by Crippen LogP contribution is 2.33. The van der Waals surface area contributed by atoms with Gasteiger partial charge in [0.2, 0.25) is 5.78 Å². The maximum atomic E-state index is 12.2. The van der Waals surface area contributed by atoms with Crippen LogP contribution in [0.1, 0.15) is 0 Å². The zero-order valence-electron chi connectivity index (χ0n) is 11.3. The first-order chi connectivity index (χ1) is 9.56. The molecule has 0 saturated carbocycles. The topological polar surface area (TPSA) is 72.9 Å². The molecule has 0 bridgehead atoms. The Balaban J connectivity index is 2.41. The molecule has 1 aromatic rings. The number of Topliss-reactive ketones (excluding diaryl/α,β-unsaturated/α-hetero) is 1. The van der Waals surface area contributed by atoms with Gasteiger partial charge in [0.05, 0.1) is 20.3 Å². The highest BCUT2D eigenvalue weighted by molar-refractivity contribution is 6.49. The van der Waals surface area contributed by atoms with Crippen molar-refractivity contribution in [1.82, 2.24) is 0 Å². The van der Waals surface area contributed by atoms with Crippen LogP contribution in [-0.2, 0) is 23.9 Å². The maximum absolute atomic E-state index is 12.2. The summed E-state index contributed by atoms with van der Waals surface area (Å²) in [6.07, 6.45) is 0. The molecular formula is C14H15NO5. The van der Waals surface area contributed by atoms with Crippen molar-refractivity contribution in [2.45, 2.75) is 0 Å². The Morgan fingerprint density at radius 1 is 1.25 bits per heavy atom. The number of nitrogens with zero attached hydrogens (tertiary/aromatic N) is 1. The van der Waals surface area contributed by atoms with E-state index >= 15 is 0 Å². The molecule has 6 heteroatoms. The number of hydrogen-bond acceptors (Lipinski definition) is 5. The molecule has 1 unspecified atom stereocenters. The second kappa shape index (κ2) is 5.42. The van der Waals surface area contributed by atoms with Crippen molar-refractivity contribution < 1.29 is 23.9 Å². The molecular weight excluding hydrogens is 262 g/mol. The number of methoxy groups -OCH3 is 2. The fourth-order valence-corrected chi connectivity index (χ4v) is 2.33. The number of anilines is 1. The van der Waals surface area contributed by atoms with E-state index in [1.807, 2.05) is 0 Å². The van der Waals surface area contributed by atoms with Crippen LogP contribution < -0.4 is 4.90 Å². The van der Waals surface area contributed by atoms with Crippen molar-refractivity contribution in [3.05, 3.63) is 30.3 Å². The van der Waals surface area contributed by atoms with E-state index in [0.29, 0.717) is 5.69 Å². The zero-order chi connectivity index (χ0) is 14.8. The molecule has 6 nitrogen and oxygen atoms in total.